The van der Waals surface area contributed by atoms with Crippen molar-refractivity contribution >= 4 is 50.8 Å². The maximum Gasteiger partial charge on any atom is 0.272 e. The summed E-state index contributed by atoms with van der Waals surface area (Å²) in [5.41, 5.74) is 4.76. The Kier molecular flexibility index (Phi) is 5.78. The van der Waals surface area contributed by atoms with E-state index >= 15 is 0 Å². The zero-order valence-electron chi connectivity index (χ0n) is 12.1. The average molecular weight is 393 g/mol. The molecule has 2 aromatic rings. The highest BCUT2D eigenvalue weighted by molar-refractivity contribution is 9.10. The second-order valence-electron chi connectivity index (χ2n) is 4.64. The summed E-state index contributed by atoms with van der Waals surface area (Å²) in [7, 11) is 0. The minimum Gasteiger partial charge on any atom is -0.331 e. The van der Waals surface area contributed by atoms with Crippen molar-refractivity contribution < 1.29 is 4.92 Å². The van der Waals surface area contributed by atoms with Crippen LogP contribution in [0.25, 0.3) is 0 Å². The number of nitro groups is 1. The van der Waals surface area contributed by atoms with Crippen molar-refractivity contribution in [2.24, 2.45) is 5.10 Å². The zero-order valence-corrected chi connectivity index (χ0v) is 14.5. The first-order chi connectivity index (χ1) is 11.0. The Morgan fingerprint density at radius 2 is 2.13 bits per heavy atom. The molecule has 0 heterocycles. The van der Waals surface area contributed by atoms with E-state index in [0.29, 0.717) is 16.2 Å². The fourth-order valence-corrected chi connectivity index (χ4v) is 2.36. The van der Waals surface area contributed by atoms with Gasteiger partial charge in [-0.3, -0.25) is 15.5 Å². The Morgan fingerprint density at radius 3 is 2.83 bits per heavy atom. The SMILES string of the molecule is Cc1ccc(/C=N\NC(=S)Nc2cccc(Br)c2)cc1[N+](=O)[O-]. The second-order valence-corrected chi connectivity index (χ2v) is 5.96. The highest BCUT2D eigenvalue weighted by atomic mass is 79.9. The van der Waals surface area contributed by atoms with Crippen LogP contribution < -0.4 is 10.7 Å². The first kappa shape index (κ1) is 17.0. The maximum absolute atomic E-state index is 10.9. The van der Waals surface area contributed by atoms with Crippen molar-refractivity contribution in [3.8, 4) is 0 Å². The van der Waals surface area contributed by atoms with Crippen LogP contribution in [0, 0.1) is 17.0 Å². The number of thiocarbonyl (C=S) groups is 1. The largest absolute Gasteiger partial charge is 0.331 e. The monoisotopic (exact) mass is 392 g/mol. The van der Waals surface area contributed by atoms with E-state index in [0.717, 1.165) is 10.2 Å². The van der Waals surface area contributed by atoms with Crippen molar-refractivity contribution in [1.82, 2.24) is 5.43 Å². The predicted octanol–water partition coefficient (Wildman–Crippen LogP) is 3.99. The minimum absolute atomic E-state index is 0.0591. The van der Waals surface area contributed by atoms with Crippen LogP contribution in [-0.2, 0) is 0 Å². The quantitative estimate of drug-likeness (QED) is 0.356. The summed E-state index contributed by atoms with van der Waals surface area (Å²) in [5.74, 6) is 0. The summed E-state index contributed by atoms with van der Waals surface area (Å²) in [6.45, 7) is 1.69. The molecular formula is C15H13BrN4O2S. The van der Waals surface area contributed by atoms with Gasteiger partial charge in [0.25, 0.3) is 5.69 Å². The molecule has 2 N–H and O–H groups in total. The highest BCUT2D eigenvalue weighted by Crippen LogP contribution is 2.18. The second kappa shape index (κ2) is 7.80. The molecule has 0 bridgehead atoms. The van der Waals surface area contributed by atoms with Gasteiger partial charge >= 0.3 is 0 Å². The van der Waals surface area contributed by atoms with Crippen LogP contribution in [0.4, 0.5) is 11.4 Å². The fourth-order valence-electron chi connectivity index (χ4n) is 1.79. The van der Waals surface area contributed by atoms with E-state index in [4.69, 9.17) is 12.2 Å². The first-order valence-corrected chi connectivity index (χ1v) is 7.76. The Labute approximate surface area is 146 Å². The van der Waals surface area contributed by atoms with Crippen LogP contribution in [-0.4, -0.2) is 16.3 Å². The third-order valence-electron chi connectivity index (χ3n) is 2.89. The van der Waals surface area contributed by atoms with Crippen molar-refractivity contribution in [3.63, 3.8) is 0 Å². The van der Waals surface area contributed by atoms with Crippen LogP contribution >= 0.6 is 28.1 Å². The molecule has 0 amide bonds. The number of nitrogens with one attached hydrogen (secondary N) is 2. The summed E-state index contributed by atoms with van der Waals surface area (Å²) in [4.78, 5) is 10.5. The van der Waals surface area contributed by atoms with Crippen molar-refractivity contribution in [2.75, 3.05) is 5.32 Å². The molecule has 0 aliphatic heterocycles. The third kappa shape index (κ3) is 5.11. The number of rotatable bonds is 4. The van der Waals surface area contributed by atoms with Crippen LogP contribution in [0.5, 0.6) is 0 Å². The molecule has 0 saturated heterocycles. The molecule has 0 aliphatic rings. The summed E-state index contributed by atoms with van der Waals surface area (Å²) in [6.07, 6.45) is 1.47. The van der Waals surface area contributed by atoms with Gasteiger partial charge in [0.15, 0.2) is 5.11 Å². The number of nitrogens with zero attached hydrogens (tertiary/aromatic N) is 2. The third-order valence-corrected chi connectivity index (χ3v) is 3.58. The molecule has 0 aromatic heterocycles. The first-order valence-electron chi connectivity index (χ1n) is 6.56. The lowest BCUT2D eigenvalue weighted by Gasteiger charge is -2.07. The van der Waals surface area contributed by atoms with Crippen LogP contribution in [0.15, 0.2) is 52.0 Å². The minimum atomic E-state index is -0.417. The Morgan fingerprint density at radius 1 is 1.35 bits per heavy atom. The lowest BCUT2D eigenvalue weighted by atomic mass is 10.1. The van der Waals surface area contributed by atoms with Gasteiger partial charge in [-0.2, -0.15) is 5.10 Å². The van der Waals surface area contributed by atoms with Crippen molar-refractivity contribution in [2.45, 2.75) is 6.92 Å². The zero-order chi connectivity index (χ0) is 16.8. The van der Waals surface area contributed by atoms with Gasteiger partial charge in [-0.05, 0) is 37.3 Å². The smallest absolute Gasteiger partial charge is 0.272 e. The molecule has 2 aromatic carbocycles. The standard InChI is InChI=1S/C15H13BrN4O2S/c1-10-5-6-11(7-14(10)20(21)22)9-17-19-15(23)18-13-4-2-3-12(16)8-13/h2-9H,1H3,(H2,18,19,23)/b17-9-. The van der Waals surface area contributed by atoms with Gasteiger partial charge in [-0.1, -0.05) is 34.1 Å². The van der Waals surface area contributed by atoms with Crippen molar-refractivity contribution in [1.29, 1.82) is 0 Å². The number of nitro benzene ring substituents is 1. The molecule has 118 valence electrons. The number of anilines is 1. The molecule has 0 spiro atoms. The van der Waals surface area contributed by atoms with Gasteiger partial charge in [0, 0.05) is 27.4 Å². The van der Waals surface area contributed by atoms with Gasteiger partial charge in [-0.15, -0.1) is 0 Å². The molecule has 2 rings (SSSR count). The summed E-state index contributed by atoms with van der Waals surface area (Å²) in [6, 6.07) is 12.4. The Bertz CT molecular complexity index is 780. The molecule has 6 nitrogen and oxygen atoms in total. The number of aryl methyl sites for hydroxylation is 1. The summed E-state index contributed by atoms with van der Waals surface area (Å²) in [5, 5.41) is 18.2. The number of halogens is 1. The van der Waals surface area contributed by atoms with E-state index in [1.54, 1.807) is 19.1 Å². The van der Waals surface area contributed by atoms with Gasteiger partial charge in [0.05, 0.1) is 11.1 Å². The molecule has 8 heteroatoms. The number of hydrogen-bond acceptors (Lipinski definition) is 4. The molecule has 0 atom stereocenters. The van der Waals surface area contributed by atoms with Gasteiger partial charge < -0.3 is 5.32 Å². The molecule has 0 fully saturated rings. The van der Waals surface area contributed by atoms with E-state index < -0.39 is 4.92 Å². The fraction of sp³-hybridized carbons (Fsp3) is 0.0667. The molecule has 0 radical (unpaired) electrons. The van der Waals surface area contributed by atoms with Gasteiger partial charge in [-0.25, -0.2) is 0 Å². The van der Waals surface area contributed by atoms with E-state index in [1.807, 2.05) is 24.3 Å². The average Bonchev–Trinajstić information content (AvgIpc) is 2.48. The maximum atomic E-state index is 10.9. The molecule has 0 saturated carbocycles. The number of hydrogen-bond donors (Lipinski definition) is 2. The van der Waals surface area contributed by atoms with Crippen LogP contribution in [0.2, 0.25) is 0 Å². The number of hydrazone groups is 1. The van der Waals surface area contributed by atoms with E-state index in [2.05, 4.69) is 31.8 Å². The Hall–Kier alpha value is -2.32. The predicted molar refractivity (Wildman–Crippen MR) is 98.9 cm³/mol. The lowest BCUT2D eigenvalue weighted by Crippen LogP contribution is -2.23. The van der Waals surface area contributed by atoms with E-state index in [1.165, 1.54) is 12.3 Å². The number of benzene rings is 2. The summed E-state index contributed by atoms with van der Waals surface area (Å²) >= 11 is 8.49. The van der Waals surface area contributed by atoms with Gasteiger partial charge in [0.1, 0.15) is 0 Å². The summed E-state index contributed by atoms with van der Waals surface area (Å²) < 4.78 is 0.931. The van der Waals surface area contributed by atoms with E-state index in [9.17, 15) is 10.1 Å². The van der Waals surface area contributed by atoms with Gasteiger partial charge in [0.2, 0.25) is 0 Å². The lowest BCUT2D eigenvalue weighted by molar-refractivity contribution is -0.385. The molecule has 0 unspecified atom stereocenters. The van der Waals surface area contributed by atoms with Crippen LogP contribution in [0.3, 0.4) is 0 Å². The van der Waals surface area contributed by atoms with E-state index in [-0.39, 0.29) is 5.69 Å². The molecule has 23 heavy (non-hydrogen) atoms. The van der Waals surface area contributed by atoms with Crippen LogP contribution in [0.1, 0.15) is 11.1 Å². The van der Waals surface area contributed by atoms with Crippen molar-refractivity contribution in [3.05, 3.63) is 68.2 Å². The highest BCUT2D eigenvalue weighted by Gasteiger charge is 2.09. The molecule has 0 aliphatic carbocycles. The normalized spacial score (nSPS) is 10.5. The molecular weight excluding hydrogens is 380 g/mol. The topological polar surface area (TPSA) is 79.6 Å². The Balaban J connectivity index is 1.97.